The summed E-state index contributed by atoms with van der Waals surface area (Å²) in [5, 5.41) is 142. The fourth-order valence-corrected chi connectivity index (χ4v) is 17.0. The van der Waals surface area contributed by atoms with Crippen molar-refractivity contribution in [3.05, 3.63) is 0 Å². The molecule has 7 aliphatic heterocycles. The van der Waals surface area contributed by atoms with Crippen LogP contribution in [0.4, 0.5) is 0 Å². The topological polar surface area (TPSA) is 374 Å². The van der Waals surface area contributed by atoms with Crippen LogP contribution in [0.5, 0.6) is 0 Å². The summed E-state index contributed by atoms with van der Waals surface area (Å²) < 4.78 is 74.8. The molecule has 4 saturated carbocycles. The van der Waals surface area contributed by atoms with Gasteiger partial charge in [0.05, 0.1) is 51.3 Å². The standard InChI is InChI=1S/C55H90O25/c1-21-8-13-55(71-18-21)22(2)34-31(80-55)15-28-26-7-6-24-14-25(9-11-53(24,4)27(26)10-12-54(28,34)5)73-51-46(78-50-42(67)39(64)35(60)23(3)72-50)43(68)44(33(17-57)75-51)76-52-47(79-49-41(66)37(62)30(59)20-70-49)45(38(63)32(16-56)74-52)77-48-40(65)36(61)29(58)19-69-48/h21-52,56-68H,6-20H2,1-5H3/t21-,22+,23+,24+,25+,26-,27+,28+,29-,30-,31+,32-,33-,34+,35+,36+,37+,38-,39-,40-,41-,42-,43+,44+,45+,46-,47-,48+,49+,50+,51-,52+,53+,54+,55-/m1/s1. The summed E-state index contributed by atoms with van der Waals surface area (Å²) in [6.45, 7) is 8.99. The quantitative estimate of drug-likeness (QED) is 0.0879. The van der Waals surface area contributed by atoms with E-state index in [2.05, 4.69) is 27.7 Å². The maximum Gasteiger partial charge on any atom is 0.187 e. The smallest absolute Gasteiger partial charge is 0.187 e. The maximum absolute atomic E-state index is 12.6. The van der Waals surface area contributed by atoms with Crippen LogP contribution in [0.3, 0.4) is 0 Å². The molecule has 0 aromatic carbocycles. The van der Waals surface area contributed by atoms with Gasteiger partial charge in [0.15, 0.2) is 37.2 Å². The molecule has 7 saturated heterocycles. The van der Waals surface area contributed by atoms with E-state index < -0.39 is 180 Å². The Morgan fingerprint density at radius 2 is 1.07 bits per heavy atom. The van der Waals surface area contributed by atoms with Crippen molar-refractivity contribution >= 4 is 0 Å². The van der Waals surface area contributed by atoms with Crippen LogP contribution in [-0.4, -0.2) is 259 Å². The van der Waals surface area contributed by atoms with Crippen molar-refractivity contribution in [2.75, 3.05) is 33.0 Å². The molecule has 4 aliphatic carbocycles. The van der Waals surface area contributed by atoms with Crippen LogP contribution < -0.4 is 0 Å². The zero-order chi connectivity index (χ0) is 57.1. The third-order valence-electron chi connectivity index (χ3n) is 21.7. The molecular formula is C55H90O25. The number of rotatable bonds is 12. The molecule has 460 valence electrons. The van der Waals surface area contributed by atoms with Crippen LogP contribution in [0.2, 0.25) is 0 Å². The Kier molecular flexibility index (Phi) is 17.9. The van der Waals surface area contributed by atoms with Gasteiger partial charge in [-0.3, -0.25) is 0 Å². The second-order valence-corrected chi connectivity index (χ2v) is 26.2. The monoisotopic (exact) mass is 1150 g/mol. The lowest BCUT2D eigenvalue weighted by atomic mass is 9.44. The molecule has 11 aliphatic rings. The zero-order valence-corrected chi connectivity index (χ0v) is 46.3. The average molecular weight is 1150 g/mol. The Morgan fingerprint density at radius 1 is 0.475 bits per heavy atom. The van der Waals surface area contributed by atoms with Crippen molar-refractivity contribution in [2.24, 2.45) is 52.3 Å². The Labute approximate surface area is 465 Å². The summed E-state index contributed by atoms with van der Waals surface area (Å²) in [7, 11) is 0. The van der Waals surface area contributed by atoms with Crippen molar-refractivity contribution in [3.8, 4) is 0 Å². The van der Waals surface area contributed by atoms with Gasteiger partial charge in [0, 0.05) is 12.3 Å². The molecule has 0 amide bonds. The lowest BCUT2D eigenvalue weighted by Gasteiger charge is -2.61. The van der Waals surface area contributed by atoms with Crippen LogP contribution in [0.1, 0.15) is 98.8 Å². The van der Waals surface area contributed by atoms with Crippen LogP contribution in [-0.2, 0) is 56.8 Å². The summed E-state index contributed by atoms with van der Waals surface area (Å²) in [5.41, 5.74) is 0.170. The third kappa shape index (κ3) is 10.6. The first-order chi connectivity index (χ1) is 38.0. The predicted molar refractivity (Wildman–Crippen MR) is 267 cm³/mol. The number of hydrogen-bond acceptors (Lipinski definition) is 25. The first-order valence-electron chi connectivity index (χ1n) is 29.5. The lowest BCUT2D eigenvalue weighted by Crippen LogP contribution is -2.68. The number of aliphatic hydroxyl groups excluding tert-OH is 13. The molecule has 80 heavy (non-hydrogen) atoms. The van der Waals surface area contributed by atoms with Gasteiger partial charge >= 0.3 is 0 Å². The highest BCUT2D eigenvalue weighted by Gasteiger charge is 2.69. The maximum atomic E-state index is 12.6. The van der Waals surface area contributed by atoms with E-state index in [0.717, 1.165) is 58.0 Å². The van der Waals surface area contributed by atoms with Crippen LogP contribution in [0, 0.1) is 52.3 Å². The van der Waals surface area contributed by atoms with E-state index in [9.17, 15) is 66.4 Å². The lowest BCUT2D eigenvalue weighted by molar-refractivity contribution is -0.408. The predicted octanol–water partition coefficient (Wildman–Crippen LogP) is -2.78. The number of hydrogen-bond donors (Lipinski definition) is 13. The van der Waals surface area contributed by atoms with Gasteiger partial charge in [-0.25, -0.2) is 0 Å². The van der Waals surface area contributed by atoms with E-state index in [1.165, 1.54) is 6.92 Å². The molecular weight excluding hydrogens is 1060 g/mol. The highest BCUT2D eigenvalue weighted by molar-refractivity contribution is 5.16. The molecule has 0 radical (unpaired) electrons. The molecule has 11 rings (SSSR count). The summed E-state index contributed by atoms with van der Waals surface area (Å²) in [6.07, 6.45) is -29.8. The Bertz CT molecular complexity index is 2080. The Morgan fingerprint density at radius 3 is 1.73 bits per heavy atom. The van der Waals surface area contributed by atoms with E-state index in [1.807, 2.05) is 0 Å². The van der Waals surface area contributed by atoms with E-state index in [4.69, 9.17) is 56.8 Å². The molecule has 0 aromatic rings. The average Bonchev–Trinajstić information content (AvgIpc) is 4.13. The summed E-state index contributed by atoms with van der Waals surface area (Å²) in [5.74, 6) is 2.69. The van der Waals surface area contributed by atoms with Crippen molar-refractivity contribution in [1.82, 2.24) is 0 Å². The molecule has 25 heteroatoms. The van der Waals surface area contributed by atoms with Crippen molar-refractivity contribution < 1.29 is 123 Å². The van der Waals surface area contributed by atoms with Gasteiger partial charge in [-0.15, -0.1) is 0 Å². The fourth-order valence-electron chi connectivity index (χ4n) is 17.0. The molecule has 13 N–H and O–H groups in total. The Balaban J connectivity index is 0.830. The minimum atomic E-state index is -1.93. The number of ether oxygens (including phenoxy) is 12. The van der Waals surface area contributed by atoms with Gasteiger partial charge in [-0.1, -0.05) is 27.7 Å². The van der Waals surface area contributed by atoms with Crippen molar-refractivity contribution in [3.63, 3.8) is 0 Å². The van der Waals surface area contributed by atoms with Crippen molar-refractivity contribution in [2.45, 2.75) is 258 Å². The highest BCUT2D eigenvalue weighted by atomic mass is 16.8. The first-order valence-corrected chi connectivity index (χ1v) is 29.5. The Hall–Kier alpha value is -1.00. The summed E-state index contributed by atoms with van der Waals surface area (Å²) in [6, 6.07) is 0. The van der Waals surface area contributed by atoms with Crippen molar-refractivity contribution in [1.29, 1.82) is 0 Å². The molecule has 25 nitrogen and oxygen atoms in total. The van der Waals surface area contributed by atoms with Gasteiger partial charge in [0.2, 0.25) is 0 Å². The van der Waals surface area contributed by atoms with E-state index in [1.54, 1.807) is 0 Å². The number of aliphatic hydroxyl groups is 13. The fraction of sp³-hybridized carbons (Fsp3) is 1.00. The normalized spacial score (nSPS) is 58.1. The summed E-state index contributed by atoms with van der Waals surface area (Å²) >= 11 is 0. The summed E-state index contributed by atoms with van der Waals surface area (Å²) in [4.78, 5) is 0. The van der Waals surface area contributed by atoms with Gasteiger partial charge < -0.3 is 123 Å². The van der Waals surface area contributed by atoms with Gasteiger partial charge in [0.25, 0.3) is 0 Å². The first kappa shape index (κ1) is 60.7. The van der Waals surface area contributed by atoms with E-state index >= 15 is 0 Å². The highest BCUT2D eigenvalue weighted by Crippen LogP contribution is 2.71. The minimum absolute atomic E-state index is 0.0136. The SMILES string of the molecule is C[C@@H]1CC[C@@]2(OC1)O[C@H]1C[C@H]3[C@@H]4CC[C@H]5C[C@@H](O[C@@H]6O[C@H](CO)[C@H](O[C@@H]7O[C@H](CO)[C@@H](O)[C@H](O[C@@H]8OC[C@@H](O)[C@H](O)[C@H]8O)[C@H]7O[C@@H]7OC[C@@H](O)[C@H](O)[C@H]7O)[C@H](O)[C@H]6O[C@@H]6O[C@@H](C)[C@H](O)[C@@H](O)[C@H]6O)CC[C@]5(C)[C@H]4CC[C@]3(C)[C@H]1[C@@H]2C. The molecule has 0 aromatic heterocycles. The minimum Gasteiger partial charge on any atom is -0.394 e. The molecule has 0 bridgehead atoms. The molecule has 35 atom stereocenters. The van der Waals surface area contributed by atoms with Crippen LogP contribution >= 0.6 is 0 Å². The van der Waals surface area contributed by atoms with Gasteiger partial charge in [-0.2, -0.15) is 0 Å². The van der Waals surface area contributed by atoms with Gasteiger partial charge in [-0.05, 0) is 111 Å². The third-order valence-corrected chi connectivity index (χ3v) is 21.7. The second kappa shape index (κ2) is 23.6. The van der Waals surface area contributed by atoms with Gasteiger partial charge in [0.1, 0.15) is 104 Å². The van der Waals surface area contributed by atoms with Crippen LogP contribution in [0.25, 0.3) is 0 Å². The molecule has 1 spiro atoms. The largest absolute Gasteiger partial charge is 0.394 e. The van der Waals surface area contributed by atoms with E-state index in [-0.39, 0.29) is 22.9 Å². The van der Waals surface area contributed by atoms with Crippen LogP contribution in [0.15, 0.2) is 0 Å². The molecule has 0 unspecified atom stereocenters. The second-order valence-electron chi connectivity index (χ2n) is 26.2. The molecule has 11 fully saturated rings. The molecule has 7 heterocycles. The zero-order valence-electron chi connectivity index (χ0n) is 46.3. The van der Waals surface area contributed by atoms with E-state index in [0.29, 0.717) is 48.3 Å². The number of fused-ring (bicyclic) bond motifs is 7.